The van der Waals surface area contributed by atoms with Crippen molar-refractivity contribution in [2.75, 3.05) is 31.9 Å². The third kappa shape index (κ3) is 3.46. The Morgan fingerprint density at radius 3 is 2.82 bits per heavy atom. The Labute approximate surface area is 102 Å². The van der Waals surface area contributed by atoms with Gasteiger partial charge in [0.25, 0.3) is 5.91 Å². The molecule has 3 N–H and O–H groups in total. The molecular formula is C13H19N3O. The molecular weight excluding hydrogens is 214 g/mol. The van der Waals surface area contributed by atoms with Gasteiger partial charge in [-0.2, -0.15) is 0 Å². The lowest BCUT2D eigenvalue weighted by atomic mass is 10.2. The number of rotatable bonds is 4. The molecule has 1 saturated heterocycles. The van der Waals surface area contributed by atoms with Crippen molar-refractivity contribution in [3.63, 3.8) is 0 Å². The van der Waals surface area contributed by atoms with Crippen LogP contribution < -0.4 is 11.1 Å². The Hall–Kier alpha value is -1.55. The fourth-order valence-corrected chi connectivity index (χ4v) is 2.12. The molecule has 1 aliphatic heterocycles. The number of nitrogens with one attached hydrogen (secondary N) is 1. The van der Waals surface area contributed by atoms with Gasteiger partial charge in [0.15, 0.2) is 0 Å². The van der Waals surface area contributed by atoms with Gasteiger partial charge in [0, 0.05) is 24.3 Å². The third-order valence-corrected chi connectivity index (χ3v) is 3.06. The topological polar surface area (TPSA) is 58.4 Å². The van der Waals surface area contributed by atoms with Crippen LogP contribution in [-0.4, -0.2) is 37.0 Å². The number of nitrogens with zero attached hydrogens (tertiary/aromatic N) is 1. The van der Waals surface area contributed by atoms with E-state index >= 15 is 0 Å². The number of amides is 1. The standard InChI is InChI=1S/C13H19N3O/c14-12-5-3-4-11(10-12)13(17)15-6-9-16-7-1-2-8-16/h3-5,10H,1-2,6-9,14H2,(H,15,17). The van der Waals surface area contributed by atoms with E-state index in [-0.39, 0.29) is 5.91 Å². The first-order valence-electron chi connectivity index (χ1n) is 6.12. The largest absolute Gasteiger partial charge is 0.399 e. The van der Waals surface area contributed by atoms with Gasteiger partial charge < -0.3 is 16.0 Å². The molecule has 1 aromatic rings. The number of anilines is 1. The molecule has 1 heterocycles. The number of carbonyl (C=O) groups is 1. The van der Waals surface area contributed by atoms with Crippen LogP contribution in [0.4, 0.5) is 5.69 Å². The normalized spacial score (nSPS) is 16.0. The maximum absolute atomic E-state index is 11.8. The van der Waals surface area contributed by atoms with Gasteiger partial charge in [0.2, 0.25) is 0 Å². The average molecular weight is 233 g/mol. The first-order chi connectivity index (χ1) is 8.25. The van der Waals surface area contributed by atoms with Gasteiger partial charge in [-0.15, -0.1) is 0 Å². The Morgan fingerprint density at radius 2 is 2.12 bits per heavy atom. The van der Waals surface area contributed by atoms with Gasteiger partial charge in [-0.3, -0.25) is 4.79 Å². The molecule has 0 radical (unpaired) electrons. The molecule has 0 spiro atoms. The Bertz CT molecular complexity index is 386. The van der Waals surface area contributed by atoms with E-state index in [0.717, 1.165) is 19.6 Å². The molecule has 1 aromatic carbocycles. The summed E-state index contributed by atoms with van der Waals surface area (Å²) in [5, 5.41) is 2.92. The van der Waals surface area contributed by atoms with E-state index < -0.39 is 0 Å². The van der Waals surface area contributed by atoms with Crippen molar-refractivity contribution in [2.24, 2.45) is 0 Å². The highest BCUT2D eigenvalue weighted by molar-refractivity contribution is 5.94. The molecule has 0 aromatic heterocycles. The Morgan fingerprint density at radius 1 is 1.35 bits per heavy atom. The highest BCUT2D eigenvalue weighted by atomic mass is 16.1. The summed E-state index contributed by atoms with van der Waals surface area (Å²) in [6.45, 7) is 3.96. The molecule has 4 heteroatoms. The van der Waals surface area contributed by atoms with Crippen LogP contribution in [-0.2, 0) is 0 Å². The van der Waals surface area contributed by atoms with Gasteiger partial charge in [-0.1, -0.05) is 6.07 Å². The van der Waals surface area contributed by atoms with Crippen molar-refractivity contribution in [1.82, 2.24) is 10.2 Å². The van der Waals surface area contributed by atoms with E-state index in [4.69, 9.17) is 5.73 Å². The summed E-state index contributed by atoms with van der Waals surface area (Å²) in [7, 11) is 0. The minimum Gasteiger partial charge on any atom is -0.399 e. The maximum Gasteiger partial charge on any atom is 0.251 e. The van der Waals surface area contributed by atoms with Gasteiger partial charge in [-0.25, -0.2) is 0 Å². The number of hydrogen-bond acceptors (Lipinski definition) is 3. The van der Waals surface area contributed by atoms with Crippen LogP contribution in [0, 0.1) is 0 Å². The van der Waals surface area contributed by atoms with Crippen LogP contribution >= 0.6 is 0 Å². The van der Waals surface area contributed by atoms with Gasteiger partial charge in [0.05, 0.1) is 0 Å². The number of likely N-dealkylation sites (tertiary alicyclic amines) is 1. The summed E-state index contributed by atoms with van der Waals surface area (Å²) in [5.74, 6) is -0.0449. The zero-order chi connectivity index (χ0) is 12.1. The molecule has 0 bridgehead atoms. The van der Waals surface area contributed by atoms with E-state index in [9.17, 15) is 4.79 Å². The zero-order valence-corrected chi connectivity index (χ0v) is 9.98. The number of nitrogen functional groups attached to an aromatic ring is 1. The van der Waals surface area contributed by atoms with E-state index in [0.29, 0.717) is 17.8 Å². The second-order valence-electron chi connectivity index (χ2n) is 4.43. The van der Waals surface area contributed by atoms with Crippen molar-refractivity contribution >= 4 is 11.6 Å². The van der Waals surface area contributed by atoms with Crippen molar-refractivity contribution in [1.29, 1.82) is 0 Å². The molecule has 0 aliphatic carbocycles. The van der Waals surface area contributed by atoms with Crippen LogP contribution in [0.5, 0.6) is 0 Å². The van der Waals surface area contributed by atoms with Crippen LogP contribution in [0.3, 0.4) is 0 Å². The van der Waals surface area contributed by atoms with Crippen molar-refractivity contribution in [3.05, 3.63) is 29.8 Å². The molecule has 92 valence electrons. The van der Waals surface area contributed by atoms with E-state index in [2.05, 4.69) is 10.2 Å². The molecule has 2 rings (SSSR count). The minimum absolute atomic E-state index is 0.0449. The summed E-state index contributed by atoms with van der Waals surface area (Å²) in [6.07, 6.45) is 2.56. The fraction of sp³-hybridized carbons (Fsp3) is 0.462. The monoisotopic (exact) mass is 233 g/mol. The predicted molar refractivity (Wildman–Crippen MR) is 68.9 cm³/mol. The molecule has 0 atom stereocenters. The predicted octanol–water partition coefficient (Wildman–Crippen LogP) is 1.09. The highest BCUT2D eigenvalue weighted by Crippen LogP contribution is 2.07. The molecule has 0 saturated carbocycles. The number of benzene rings is 1. The van der Waals surface area contributed by atoms with Crippen molar-refractivity contribution < 1.29 is 4.79 Å². The van der Waals surface area contributed by atoms with Crippen LogP contribution in [0.15, 0.2) is 24.3 Å². The molecule has 1 aliphatic rings. The van der Waals surface area contributed by atoms with Gasteiger partial charge in [-0.05, 0) is 44.1 Å². The van der Waals surface area contributed by atoms with E-state index in [1.165, 1.54) is 12.8 Å². The maximum atomic E-state index is 11.8. The third-order valence-electron chi connectivity index (χ3n) is 3.06. The summed E-state index contributed by atoms with van der Waals surface area (Å²) >= 11 is 0. The minimum atomic E-state index is -0.0449. The second-order valence-corrected chi connectivity index (χ2v) is 4.43. The lowest BCUT2D eigenvalue weighted by Crippen LogP contribution is -2.33. The van der Waals surface area contributed by atoms with Crippen LogP contribution in [0.1, 0.15) is 23.2 Å². The Kier molecular flexibility index (Phi) is 3.98. The zero-order valence-electron chi connectivity index (χ0n) is 9.98. The van der Waals surface area contributed by atoms with Gasteiger partial charge >= 0.3 is 0 Å². The van der Waals surface area contributed by atoms with Gasteiger partial charge in [0.1, 0.15) is 0 Å². The molecule has 4 nitrogen and oxygen atoms in total. The van der Waals surface area contributed by atoms with Crippen LogP contribution in [0.25, 0.3) is 0 Å². The molecule has 1 fully saturated rings. The number of carbonyl (C=O) groups excluding carboxylic acids is 1. The summed E-state index contributed by atoms with van der Waals surface area (Å²) in [6, 6.07) is 7.05. The quantitative estimate of drug-likeness (QED) is 0.765. The van der Waals surface area contributed by atoms with E-state index in [1.54, 1.807) is 24.3 Å². The van der Waals surface area contributed by atoms with Crippen LogP contribution in [0.2, 0.25) is 0 Å². The van der Waals surface area contributed by atoms with E-state index in [1.807, 2.05) is 0 Å². The second kappa shape index (κ2) is 5.68. The lowest BCUT2D eigenvalue weighted by molar-refractivity contribution is 0.0950. The summed E-state index contributed by atoms with van der Waals surface area (Å²) in [4.78, 5) is 14.2. The first-order valence-corrected chi connectivity index (χ1v) is 6.12. The fourth-order valence-electron chi connectivity index (χ4n) is 2.12. The molecule has 0 unspecified atom stereocenters. The summed E-state index contributed by atoms with van der Waals surface area (Å²) in [5.41, 5.74) is 6.89. The first kappa shape index (κ1) is 11.9. The number of nitrogens with two attached hydrogens (primary N) is 1. The number of hydrogen-bond donors (Lipinski definition) is 2. The molecule has 1 amide bonds. The smallest absolute Gasteiger partial charge is 0.251 e. The Balaban J connectivity index is 1.77. The van der Waals surface area contributed by atoms with Crippen molar-refractivity contribution in [3.8, 4) is 0 Å². The highest BCUT2D eigenvalue weighted by Gasteiger charge is 2.11. The molecule has 17 heavy (non-hydrogen) atoms. The lowest BCUT2D eigenvalue weighted by Gasteiger charge is -2.14. The average Bonchev–Trinajstić information content (AvgIpc) is 2.82. The van der Waals surface area contributed by atoms with Crippen molar-refractivity contribution in [2.45, 2.75) is 12.8 Å². The summed E-state index contributed by atoms with van der Waals surface area (Å²) < 4.78 is 0. The SMILES string of the molecule is Nc1cccc(C(=O)NCCN2CCCC2)c1.